The Morgan fingerprint density at radius 3 is 2.53 bits per heavy atom. The van der Waals surface area contributed by atoms with Gasteiger partial charge >= 0.3 is 0 Å². The van der Waals surface area contributed by atoms with Crippen molar-refractivity contribution in [3.8, 4) is 0 Å². The van der Waals surface area contributed by atoms with Crippen molar-refractivity contribution in [1.82, 2.24) is 20.4 Å². The summed E-state index contributed by atoms with van der Waals surface area (Å²) in [6, 6.07) is 7.60. The van der Waals surface area contributed by atoms with Crippen molar-refractivity contribution < 1.29 is 9.59 Å². The Kier molecular flexibility index (Phi) is 7.60. The molecule has 0 aromatic heterocycles. The number of halogens is 1. The van der Waals surface area contributed by atoms with Crippen LogP contribution in [-0.4, -0.2) is 66.8 Å². The molecule has 2 heterocycles. The number of hydrogen-bond donors (Lipinski definition) is 2. The van der Waals surface area contributed by atoms with E-state index in [9.17, 15) is 9.59 Å². The Morgan fingerprint density at radius 2 is 1.93 bits per heavy atom. The quantitative estimate of drug-likeness (QED) is 0.359. The summed E-state index contributed by atoms with van der Waals surface area (Å²) in [5, 5.41) is 6.18. The zero-order valence-electron chi connectivity index (χ0n) is 17.7. The summed E-state index contributed by atoms with van der Waals surface area (Å²) < 4.78 is 0. The maximum absolute atomic E-state index is 12.6. The van der Waals surface area contributed by atoms with Crippen molar-refractivity contribution in [3.63, 3.8) is 0 Å². The highest BCUT2D eigenvalue weighted by molar-refractivity contribution is 14.0. The molecule has 1 saturated carbocycles. The number of likely N-dealkylation sites (tertiary alicyclic amines) is 1. The maximum atomic E-state index is 12.6. The van der Waals surface area contributed by atoms with Crippen molar-refractivity contribution in [2.24, 2.45) is 10.4 Å². The summed E-state index contributed by atoms with van der Waals surface area (Å²) in [6.45, 7) is 6.96. The number of carbonyl (C=O) groups excluding carboxylic acids is 2. The van der Waals surface area contributed by atoms with E-state index in [1.54, 1.807) is 4.90 Å². The van der Waals surface area contributed by atoms with Gasteiger partial charge in [0.05, 0.1) is 13.1 Å². The first-order valence-electron chi connectivity index (χ1n) is 10.8. The van der Waals surface area contributed by atoms with Gasteiger partial charge in [-0.3, -0.25) is 9.59 Å². The van der Waals surface area contributed by atoms with Crippen LogP contribution in [0.2, 0.25) is 0 Å². The summed E-state index contributed by atoms with van der Waals surface area (Å²) in [4.78, 5) is 32.9. The number of nitrogens with zero attached hydrogens (tertiary/aromatic N) is 3. The summed E-state index contributed by atoms with van der Waals surface area (Å²) >= 11 is 0. The van der Waals surface area contributed by atoms with Gasteiger partial charge in [-0.2, -0.15) is 0 Å². The van der Waals surface area contributed by atoms with E-state index < -0.39 is 0 Å². The van der Waals surface area contributed by atoms with Gasteiger partial charge in [0, 0.05) is 38.3 Å². The second kappa shape index (κ2) is 9.98. The third-order valence-corrected chi connectivity index (χ3v) is 6.42. The van der Waals surface area contributed by atoms with Crippen LogP contribution in [0, 0.1) is 5.41 Å². The third kappa shape index (κ3) is 5.07. The molecule has 4 rings (SSSR count). The molecular formula is C22H32IN5O2. The van der Waals surface area contributed by atoms with E-state index in [0.717, 1.165) is 31.2 Å². The molecule has 164 valence electrons. The molecule has 3 fully saturated rings. The standard InChI is InChI=1S/C22H31N5O2.HI/c1-2-23-21(27-12-10-22(16-27)8-3-9-22)25-14-17-4-6-18(7-5-17)20(29)26-13-11-24-19(28)15-26;/h4-7H,2-3,8-16H2,1H3,(H,23,25)(H,24,28);1H. The fourth-order valence-electron chi connectivity index (χ4n) is 4.54. The Hall–Kier alpha value is -1.84. The number of benzene rings is 1. The van der Waals surface area contributed by atoms with Crippen LogP contribution in [0.3, 0.4) is 0 Å². The van der Waals surface area contributed by atoms with Gasteiger partial charge in [0.25, 0.3) is 5.91 Å². The summed E-state index contributed by atoms with van der Waals surface area (Å²) in [6.07, 6.45) is 5.37. The van der Waals surface area contributed by atoms with Crippen molar-refractivity contribution in [1.29, 1.82) is 0 Å². The van der Waals surface area contributed by atoms with Gasteiger partial charge in [-0.25, -0.2) is 4.99 Å². The summed E-state index contributed by atoms with van der Waals surface area (Å²) in [5.74, 6) is 0.805. The lowest BCUT2D eigenvalue weighted by atomic mass is 9.68. The van der Waals surface area contributed by atoms with Crippen LogP contribution in [0.4, 0.5) is 0 Å². The molecular weight excluding hydrogens is 493 g/mol. The zero-order chi connectivity index (χ0) is 20.3. The van der Waals surface area contributed by atoms with Crippen molar-refractivity contribution in [2.45, 2.75) is 39.2 Å². The molecule has 2 aliphatic heterocycles. The lowest BCUT2D eigenvalue weighted by Gasteiger charge is -2.38. The summed E-state index contributed by atoms with van der Waals surface area (Å²) in [5.41, 5.74) is 2.24. The molecule has 1 spiro atoms. The molecule has 7 nitrogen and oxygen atoms in total. The highest BCUT2D eigenvalue weighted by Crippen LogP contribution is 2.47. The highest BCUT2D eigenvalue weighted by Gasteiger charge is 2.43. The monoisotopic (exact) mass is 525 g/mol. The molecule has 8 heteroatoms. The fourth-order valence-corrected chi connectivity index (χ4v) is 4.54. The molecule has 1 aromatic carbocycles. The molecule has 2 N–H and O–H groups in total. The third-order valence-electron chi connectivity index (χ3n) is 6.42. The largest absolute Gasteiger partial charge is 0.357 e. The predicted octanol–water partition coefficient (Wildman–Crippen LogP) is 2.22. The van der Waals surface area contributed by atoms with Gasteiger partial charge in [0.15, 0.2) is 5.96 Å². The maximum Gasteiger partial charge on any atom is 0.254 e. The molecule has 1 aromatic rings. The van der Waals surface area contributed by atoms with Crippen molar-refractivity contribution in [3.05, 3.63) is 35.4 Å². The molecule has 0 atom stereocenters. The number of nitrogens with one attached hydrogen (secondary N) is 2. The van der Waals surface area contributed by atoms with Gasteiger partial charge in [-0.1, -0.05) is 18.6 Å². The number of piperazine rings is 1. The predicted molar refractivity (Wildman–Crippen MR) is 128 cm³/mol. The van der Waals surface area contributed by atoms with Crippen LogP contribution in [0.1, 0.15) is 48.5 Å². The van der Waals surface area contributed by atoms with Crippen LogP contribution in [0.5, 0.6) is 0 Å². The van der Waals surface area contributed by atoms with E-state index in [1.807, 2.05) is 24.3 Å². The van der Waals surface area contributed by atoms with E-state index in [2.05, 4.69) is 22.5 Å². The topological polar surface area (TPSA) is 77.0 Å². The number of hydrogen-bond acceptors (Lipinski definition) is 3. The Balaban J connectivity index is 0.00000256. The Labute approximate surface area is 195 Å². The molecule has 1 aliphatic carbocycles. The molecule has 3 aliphatic rings. The van der Waals surface area contributed by atoms with Gasteiger partial charge < -0.3 is 20.4 Å². The number of guanidine groups is 1. The van der Waals surface area contributed by atoms with Crippen LogP contribution >= 0.6 is 24.0 Å². The number of aliphatic imine (C=N–C) groups is 1. The Bertz CT molecular complexity index is 791. The number of rotatable bonds is 4. The van der Waals surface area contributed by atoms with E-state index in [4.69, 9.17) is 4.99 Å². The van der Waals surface area contributed by atoms with Gasteiger partial charge in [-0.05, 0) is 49.3 Å². The van der Waals surface area contributed by atoms with Crippen LogP contribution in [0.25, 0.3) is 0 Å². The number of carbonyl (C=O) groups is 2. The SMILES string of the molecule is CCNC(=NCc1ccc(C(=O)N2CCNC(=O)C2)cc1)N1CCC2(CCC2)C1.I. The molecule has 2 amide bonds. The first-order chi connectivity index (χ1) is 14.1. The smallest absolute Gasteiger partial charge is 0.254 e. The molecule has 0 unspecified atom stereocenters. The average Bonchev–Trinajstić information content (AvgIpc) is 3.17. The van der Waals surface area contributed by atoms with Crippen molar-refractivity contribution >= 4 is 41.8 Å². The van der Waals surface area contributed by atoms with Gasteiger partial charge in [0.1, 0.15) is 0 Å². The van der Waals surface area contributed by atoms with Gasteiger partial charge in [-0.15, -0.1) is 24.0 Å². The molecule has 0 bridgehead atoms. The minimum absolute atomic E-state index is 0. The van der Waals surface area contributed by atoms with Crippen LogP contribution in [-0.2, 0) is 11.3 Å². The van der Waals surface area contributed by atoms with E-state index >= 15 is 0 Å². The molecule has 0 radical (unpaired) electrons. The first kappa shape index (κ1) is 22.8. The fraction of sp³-hybridized carbons (Fsp3) is 0.591. The first-order valence-corrected chi connectivity index (χ1v) is 10.8. The molecule has 30 heavy (non-hydrogen) atoms. The normalized spacial score (nSPS) is 20.4. The second-order valence-electron chi connectivity index (χ2n) is 8.47. The van der Waals surface area contributed by atoms with Crippen LogP contribution in [0.15, 0.2) is 29.3 Å². The lowest BCUT2D eigenvalue weighted by Crippen LogP contribution is -2.49. The minimum atomic E-state index is -0.0999. The van der Waals surface area contributed by atoms with Gasteiger partial charge in [0.2, 0.25) is 5.91 Å². The van der Waals surface area contributed by atoms with Crippen molar-refractivity contribution in [2.75, 3.05) is 39.3 Å². The Morgan fingerprint density at radius 1 is 1.17 bits per heavy atom. The minimum Gasteiger partial charge on any atom is -0.357 e. The van der Waals surface area contributed by atoms with E-state index in [-0.39, 0.29) is 42.3 Å². The molecule has 2 saturated heterocycles. The zero-order valence-corrected chi connectivity index (χ0v) is 20.0. The average molecular weight is 525 g/mol. The highest BCUT2D eigenvalue weighted by atomic mass is 127. The van der Waals surface area contributed by atoms with Crippen LogP contribution < -0.4 is 10.6 Å². The number of amides is 2. The lowest BCUT2D eigenvalue weighted by molar-refractivity contribution is -0.123. The second-order valence-corrected chi connectivity index (χ2v) is 8.47. The summed E-state index contributed by atoms with van der Waals surface area (Å²) in [7, 11) is 0. The van der Waals surface area contributed by atoms with E-state index in [1.165, 1.54) is 25.7 Å². The van der Waals surface area contributed by atoms with E-state index in [0.29, 0.717) is 30.6 Å².